The van der Waals surface area contributed by atoms with Crippen LogP contribution in [0.5, 0.6) is 0 Å². The Kier molecular flexibility index (Phi) is 6.74. The maximum absolute atomic E-state index is 14.1. The van der Waals surface area contributed by atoms with Crippen molar-refractivity contribution in [3.8, 4) is 0 Å². The molecule has 38 heavy (non-hydrogen) atoms. The summed E-state index contributed by atoms with van der Waals surface area (Å²) < 4.78 is 0. The van der Waals surface area contributed by atoms with Gasteiger partial charge in [0.2, 0.25) is 0 Å². The Bertz CT molecular complexity index is 1120. The summed E-state index contributed by atoms with van der Waals surface area (Å²) in [6, 6.07) is 0. The molecule has 2 fully saturated rings. The molecule has 0 heterocycles. The molecule has 9 atom stereocenters. The van der Waals surface area contributed by atoms with Gasteiger partial charge in [0.25, 0.3) is 0 Å². The van der Waals surface area contributed by atoms with E-state index >= 15 is 0 Å². The summed E-state index contributed by atoms with van der Waals surface area (Å²) in [5, 5.41) is 43.1. The van der Waals surface area contributed by atoms with E-state index in [0.717, 1.165) is 0 Å². The Morgan fingerprint density at radius 3 is 2.29 bits per heavy atom. The van der Waals surface area contributed by atoms with Crippen molar-refractivity contribution in [2.75, 3.05) is 0 Å². The molecule has 0 aliphatic heterocycles. The average molecular weight is 533 g/mol. The summed E-state index contributed by atoms with van der Waals surface area (Å²) in [7, 11) is 0. The van der Waals surface area contributed by atoms with E-state index < -0.39 is 57.3 Å². The van der Waals surface area contributed by atoms with Crippen LogP contribution in [0.2, 0.25) is 0 Å². The van der Waals surface area contributed by atoms with Gasteiger partial charge in [-0.3, -0.25) is 19.2 Å². The highest BCUT2D eigenvalue weighted by molar-refractivity contribution is 6.05. The summed E-state index contributed by atoms with van der Waals surface area (Å²) in [4.78, 5) is 52.1. The van der Waals surface area contributed by atoms with Crippen LogP contribution in [0.15, 0.2) is 11.1 Å². The van der Waals surface area contributed by atoms with E-state index in [1.54, 1.807) is 13.8 Å². The third-order valence-corrected chi connectivity index (χ3v) is 11.5. The van der Waals surface area contributed by atoms with Gasteiger partial charge in [0, 0.05) is 48.0 Å². The number of aliphatic carboxylic acids is 1. The van der Waals surface area contributed by atoms with Crippen LogP contribution in [0.4, 0.5) is 0 Å². The van der Waals surface area contributed by atoms with Crippen LogP contribution >= 0.6 is 0 Å². The van der Waals surface area contributed by atoms with Crippen LogP contribution in [0.3, 0.4) is 0 Å². The Labute approximate surface area is 224 Å². The highest BCUT2D eigenvalue weighted by atomic mass is 16.4. The molecular weight excluding hydrogens is 488 g/mol. The van der Waals surface area contributed by atoms with Gasteiger partial charge < -0.3 is 20.4 Å². The zero-order valence-corrected chi connectivity index (χ0v) is 23.8. The summed E-state index contributed by atoms with van der Waals surface area (Å²) in [6.45, 7) is 12.4. The molecule has 0 amide bonds. The van der Waals surface area contributed by atoms with Gasteiger partial charge in [-0.05, 0) is 50.0 Å². The van der Waals surface area contributed by atoms with Gasteiger partial charge in [-0.2, -0.15) is 0 Å². The summed E-state index contributed by atoms with van der Waals surface area (Å²) >= 11 is 0. The fourth-order valence-electron chi connectivity index (χ4n) is 9.16. The molecule has 2 saturated carbocycles. The number of carbonyl (C=O) groups excluding carboxylic acids is 3. The van der Waals surface area contributed by atoms with Crippen LogP contribution in [0, 0.1) is 39.4 Å². The van der Waals surface area contributed by atoms with E-state index in [4.69, 9.17) is 0 Å². The largest absolute Gasteiger partial charge is 0.481 e. The molecule has 4 N–H and O–H groups in total. The number of carboxylic acid groups (broad SMARTS) is 1. The van der Waals surface area contributed by atoms with E-state index in [0.29, 0.717) is 24.0 Å². The molecule has 0 aromatic carbocycles. The molecule has 0 saturated heterocycles. The normalized spacial score (nSPS) is 41.6. The van der Waals surface area contributed by atoms with Crippen LogP contribution in [-0.4, -0.2) is 61.6 Å². The lowest BCUT2D eigenvalue weighted by Crippen LogP contribution is -2.60. The Morgan fingerprint density at radius 2 is 1.71 bits per heavy atom. The van der Waals surface area contributed by atoms with E-state index in [1.807, 2.05) is 27.7 Å². The maximum atomic E-state index is 14.1. The van der Waals surface area contributed by atoms with Gasteiger partial charge >= 0.3 is 5.97 Å². The Morgan fingerprint density at radius 1 is 1.11 bits per heavy atom. The Hall–Kier alpha value is -1.90. The number of fused-ring (bicyclic) bond motifs is 4. The highest BCUT2D eigenvalue weighted by Gasteiger charge is 2.71. The number of rotatable bonds is 6. The van der Waals surface area contributed by atoms with Crippen molar-refractivity contribution >= 4 is 23.3 Å². The fourth-order valence-corrected chi connectivity index (χ4v) is 9.16. The van der Waals surface area contributed by atoms with E-state index in [2.05, 4.69) is 0 Å². The molecule has 8 heteroatoms. The second-order valence-electron chi connectivity index (χ2n) is 14.2. The lowest BCUT2D eigenvalue weighted by Gasteiger charge is -2.60. The number of carbonyl (C=O) groups is 4. The first kappa shape index (κ1) is 29.1. The molecule has 4 rings (SSSR count). The van der Waals surface area contributed by atoms with E-state index in [1.165, 1.54) is 6.92 Å². The Balaban J connectivity index is 1.78. The zero-order valence-electron chi connectivity index (χ0n) is 23.8. The van der Waals surface area contributed by atoms with Crippen molar-refractivity contribution < 1.29 is 39.6 Å². The molecule has 2 unspecified atom stereocenters. The fraction of sp³-hybridized carbons (Fsp3) is 0.800. The van der Waals surface area contributed by atoms with Gasteiger partial charge in [0.1, 0.15) is 11.6 Å². The lowest BCUT2D eigenvalue weighted by molar-refractivity contribution is -0.149. The number of carboxylic acids is 1. The molecule has 0 aromatic rings. The highest BCUT2D eigenvalue weighted by Crippen LogP contribution is 2.70. The first-order chi connectivity index (χ1) is 17.2. The van der Waals surface area contributed by atoms with Gasteiger partial charge in [0.15, 0.2) is 5.78 Å². The van der Waals surface area contributed by atoms with Gasteiger partial charge in [-0.1, -0.05) is 34.6 Å². The molecule has 0 bridgehead atoms. The van der Waals surface area contributed by atoms with Crippen LogP contribution in [0.25, 0.3) is 0 Å². The quantitative estimate of drug-likeness (QED) is 0.407. The number of allylic oxidation sites excluding steroid dienone is 1. The predicted octanol–water partition coefficient (Wildman–Crippen LogP) is 3.25. The first-order valence-electron chi connectivity index (χ1n) is 13.9. The minimum absolute atomic E-state index is 0.0118. The minimum atomic E-state index is -1.55. The molecule has 0 spiro atoms. The van der Waals surface area contributed by atoms with Gasteiger partial charge in [-0.25, -0.2) is 0 Å². The molecule has 0 aromatic heterocycles. The monoisotopic (exact) mass is 532 g/mol. The summed E-state index contributed by atoms with van der Waals surface area (Å²) in [6.07, 6.45) is -1.21. The maximum Gasteiger partial charge on any atom is 0.306 e. The van der Waals surface area contributed by atoms with Crippen molar-refractivity contribution in [3.05, 3.63) is 11.1 Å². The van der Waals surface area contributed by atoms with Crippen LogP contribution in [0.1, 0.15) is 93.4 Å². The molecule has 4 aliphatic carbocycles. The molecule has 212 valence electrons. The predicted molar refractivity (Wildman–Crippen MR) is 139 cm³/mol. The van der Waals surface area contributed by atoms with Crippen molar-refractivity contribution in [1.29, 1.82) is 0 Å². The van der Waals surface area contributed by atoms with Crippen LogP contribution in [-0.2, 0) is 19.2 Å². The van der Waals surface area contributed by atoms with E-state index in [-0.39, 0.29) is 55.4 Å². The number of ketones is 3. The van der Waals surface area contributed by atoms with Gasteiger partial charge in [0.05, 0.1) is 29.1 Å². The molecule has 4 aliphatic rings. The van der Waals surface area contributed by atoms with Crippen molar-refractivity contribution in [3.63, 3.8) is 0 Å². The second kappa shape index (κ2) is 8.80. The molecule has 8 nitrogen and oxygen atoms in total. The number of Topliss-reactive ketones (excluding diaryl/α,β-unsaturated/α-hetero) is 3. The second-order valence-corrected chi connectivity index (χ2v) is 14.2. The number of aliphatic hydroxyl groups excluding tert-OH is 2. The minimum Gasteiger partial charge on any atom is -0.481 e. The number of hydrogen-bond donors (Lipinski definition) is 4. The third-order valence-electron chi connectivity index (χ3n) is 11.5. The molecule has 0 radical (unpaired) electrons. The lowest BCUT2D eigenvalue weighted by atomic mass is 9.42. The number of hydrogen-bond acceptors (Lipinski definition) is 7. The number of aliphatic hydroxyl groups is 3. The standard InChI is InChI=1S/C30H44O8/c1-15(25(36)37)10-16(31)13-29(6,38)20-12-22(35)30(7)24-17(32)11-19-26(2,3)21(34)8-9-27(19,4)23(24)18(33)14-28(20,30)5/h15-17,19-20,31-32,38H,8-14H2,1-7H3,(H,36,37)/t15?,16-,17+,19?,20+,27+,28-,29+,30+/m1/s1. The third kappa shape index (κ3) is 3.80. The summed E-state index contributed by atoms with van der Waals surface area (Å²) in [5.41, 5.74) is -4.13. The van der Waals surface area contributed by atoms with Crippen molar-refractivity contribution in [1.82, 2.24) is 0 Å². The average Bonchev–Trinajstić information content (AvgIpc) is 2.99. The van der Waals surface area contributed by atoms with Crippen molar-refractivity contribution in [2.45, 2.75) is 111 Å². The van der Waals surface area contributed by atoms with Crippen LogP contribution < -0.4 is 0 Å². The first-order valence-corrected chi connectivity index (χ1v) is 13.9. The topological polar surface area (TPSA) is 149 Å². The zero-order chi connectivity index (χ0) is 28.8. The van der Waals surface area contributed by atoms with E-state index in [9.17, 15) is 39.6 Å². The van der Waals surface area contributed by atoms with Crippen molar-refractivity contribution in [2.24, 2.45) is 39.4 Å². The molecular formula is C30H44O8. The smallest absolute Gasteiger partial charge is 0.306 e. The van der Waals surface area contributed by atoms with Gasteiger partial charge in [-0.15, -0.1) is 0 Å². The summed E-state index contributed by atoms with van der Waals surface area (Å²) in [5.74, 6) is -2.92. The SMILES string of the molecule is CC(C[C@@H](O)C[C@](C)(O)[C@H]1CC(=O)[C@@]2(C)C3=C(C(=O)C[C@]12C)[C@@]1(C)CCC(=O)C(C)(C)C1C[C@@H]3O)C(=O)O.